The van der Waals surface area contributed by atoms with Crippen molar-refractivity contribution in [3.63, 3.8) is 0 Å². The van der Waals surface area contributed by atoms with Crippen molar-refractivity contribution in [3.05, 3.63) is 30.5 Å². The van der Waals surface area contributed by atoms with E-state index < -0.39 is 0 Å². The third-order valence-corrected chi connectivity index (χ3v) is 5.04. The van der Waals surface area contributed by atoms with Gasteiger partial charge < -0.3 is 14.7 Å². The quantitative estimate of drug-likeness (QED) is 0.846. The molecule has 7 nitrogen and oxygen atoms in total. The van der Waals surface area contributed by atoms with Crippen molar-refractivity contribution in [2.75, 3.05) is 54.0 Å². The van der Waals surface area contributed by atoms with Gasteiger partial charge in [-0.3, -0.25) is 0 Å². The summed E-state index contributed by atoms with van der Waals surface area (Å²) in [7, 11) is 0. The molecule has 2 aromatic heterocycles. The van der Waals surface area contributed by atoms with Crippen molar-refractivity contribution in [1.29, 1.82) is 0 Å². The summed E-state index contributed by atoms with van der Waals surface area (Å²) in [5, 5.41) is 0. The van der Waals surface area contributed by atoms with Crippen molar-refractivity contribution in [1.82, 2.24) is 19.9 Å². The molecule has 0 spiro atoms. The zero-order chi connectivity index (χ0) is 17.1. The average molecular weight is 339 g/mol. The van der Waals surface area contributed by atoms with Crippen LogP contribution in [0.5, 0.6) is 0 Å². The highest BCUT2D eigenvalue weighted by molar-refractivity contribution is 5.52. The molecule has 0 atom stereocenters. The van der Waals surface area contributed by atoms with Gasteiger partial charge in [-0.15, -0.1) is 0 Å². The maximum atomic E-state index is 4.51. The average Bonchev–Trinajstić information content (AvgIpc) is 2.69. The van der Waals surface area contributed by atoms with Gasteiger partial charge in [-0.2, -0.15) is 0 Å². The molecule has 0 aromatic carbocycles. The standard InChI is InChI=1S/C18H25N7/c1-15-11-16(20-13-19-15)24-7-9-25(10-8-24)18-12-17(21-14-22-18)23-5-3-2-4-6-23/h11-14H,2-10H2,1H3. The third-order valence-electron chi connectivity index (χ3n) is 5.04. The van der Waals surface area contributed by atoms with Gasteiger partial charge in [-0.25, -0.2) is 19.9 Å². The van der Waals surface area contributed by atoms with Gasteiger partial charge in [0.2, 0.25) is 0 Å². The molecule has 0 aliphatic carbocycles. The molecule has 4 rings (SSSR count). The first-order valence-electron chi connectivity index (χ1n) is 9.15. The van der Waals surface area contributed by atoms with E-state index in [0.717, 1.165) is 62.4 Å². The minimum absolute atomic E-state index is 0.944. The van der Waals surface area contributed by atoms with Crippen LogP contribution in [0.1, 0.15) is 25.0 Å². The Balaban J connectivity index is 1.42. The molecule has 25 heavy (non-hydrogen) atoms. The number of anilines is 3. The van der Waals surface area contributed by atoms with Crippen molar-refractivity contribution >= 4 is 17.5 Å². The number of aryl methyl sites for hydroxylation is 1. The first-order chi connectivity index (χ1) is 12.3. The van der Waals surface area contributed by atoms with Crippen LogP contribution >= 0.6 is 0 Å². The topological polar surface area (TPSA) is 61.3 Å². The third kappa shape index (κ3) is 3.65. The fourth-order valence-corrected chi connectivity index (χ4v) is 3.58. The number of nitrogens with zero attached hydrogens (tertiary/aromatic N) is 7. The van der Waals surface area contributed by atoms with E-state index in [0.29, 0.717) is 0 Å². The smallest absolute Gasteiger partial charge is 0.134 e. The Morgan fingerprint density at radius 2 is 1.08 bits per heavy atom. The van der Waals surface area contributed by atoms with Gasteiger partial charge in [0.25, 0.3) is 0 Å². The molecule has 2 aliphatic rings. The van der Waals surface area contributed by atoms with Crippen LogP contribution in [-0.4, -0.2) is 59.2 Å². The molecule has 2 saturated heterocycles. The van der Waals surface area contributed by atoms with Crippen LogP contribution in [-0.2, 0) is 0 Å². The number of aromatic nitrogens is 4. The summed E-state index contributed by atoms with van der Waals surface area (Å²) in [6.07, 6.45) is 7.21. The summed E-state index contributed by atoms with van der Waals surface area (Å²) in [5.41, 5.74) is 1.01. The van der Waals surface area contributed by atoms with E-state index in [2.05, 4.69) is 46.8 Å². The fraction of sp³-hybridized carbons (Fsp3) is 0.556. The lowest BCUT2D eigenvalue weighted by Gasteiger charge is -2.36. The van der Waals surface area contributed by atoms with E-state index >= 15 is 0 Å². The molecule has 0 unspecified atom stereocenters. The van der Waals surface area contributed by atoms with Crippen molar-refractivity contribution in [2.24, 2.45) is 0 Å². The van der Waals surface area contributed by atoms with Crippen LogP contribution in [0.15, 0.2) is 24.8 Å². The van der Waals surface area contributed by atoms with Crippen LogP contribution in [0, 0.1) is 6.92 Å². The molecule has 7 heteroatoms. The summed E-state index contributed by atoms with van der Waals surface area (Å²) in [4.78, 5) is 24.6. The van der Waals surface area contributed by atoms with Crippen LogP contribution < -0.4 is 14.7 Å². The lowest BCUT2D eigenvalue weighted by atomic mass is 10.1. The number of rotatable bonds is 3. The number of hydrogen-bond donors (Lipinski definition) is 0. The summed E-state index contributed by atoms with van der Waals surface area (Å²) in [6, 6.07) is 4.20. The van der Waals surface area contributed by atoms with Gasteiger partial charge in [-0.1, -0.05) is 0 Å². The molecule has 0 bridgehead atoms. The van der Waals surface area contributed by atoms with Gasteiger partial charge in [-0.05, 0) is 26.2 Å². The summed E-state index contributed by atoms with van der Waals surface area (Å²) >= 11 is 0. The second-order valence-electron chi connectivity index (χ2n) is 6.77. The molecular weight excluding hydrogens is 314 g/mol. The lowest BCUT2D eigenvalue weighted by molar-refractivity contribution is 0.572. The number of hydrogen-bond acceptors (Lipinski definition) is 7. The van der Waals surface area contributed by atoms with Crippen LogP contribution in [0.2, 0.25) is 0 Å². The van der Waals surface area contributed by atoms with E-state index in [1.807, 2.05) is 6.92 Å². The molecular formula is C18H25N7. The van der Waals surface area contributed by atoms with E-state index in [9.17, 15) is 0 Å². The second-order valence-corrected chi connectivity index (χ2v) is 6.77. The summed E-state index contributed by atoms with van der Waals surface area (Å²) in [6.45, 7) is 8.00. The number of piperazine rings is 1. The molecule has 132 valence electrons. The minimum atomic E-state index is 0.944. The van der Waals surface area contributed by atoms with Gasteiger partial charge in [0, 0.05) is 57.1 Å². The van der Waals surface area contributed by atoms with Gasteiger partial charge in [0.1, 0.15) is 30.1 Å². The monoisotopic (exact) mass is 339 g/mol. The van der Waals surface area contributed by atoms with Crippen molar-refractivity contribution in [2.45, 2.75) is 26.2 Å². The number of piperidine rings is 1. The Kier molecular flexibility index (Phi) is 4.63. The predicted molar refractivity (Wildman–Crippen MR) is 99.3 cm³/mol. The SMILES string of the molecule is Cc1cc(N2CCN(c3cc(N4CCCCC4)ncn3)CC2)ncn1. The highest BCUT2D eigenvalue weighted by Gasteiger charge is 2.21. The molecule has 0 N–H and O–H groups in total. The van der Waals surface area contributed by atoms with Gasteiger partial charge in [0.05, 0.1) is 0 Å². The molecule has 2 fully saturated rings. The zero-order valence-electron chi connectivity index (χ0n) is 14.8. The van der Waals surface area contributed by atoms with E-state index in [-0.39, 0.29) is 0 Å². The van der Waals surface area contributed by atoms with E-state index in [4.69, 9.17) is 0 Å². The first kappa shape index (κ1) is 16.1. The van der Waals surface area contributed by atoms with Crippen LogP contribution in [0.3, 0.4) is 0 Å². The van der Waals surface area contributed by atoms with Gasteiger partial charge >= 0.3 is 0 Å². The van der Waals surface area contributed by atoms with E-state index in [1.165, 1.54) is 19.3 Å². The molecule has 2 aliphatic heterocycles. The maximum absolute atomic E-state index is 4.51. The Bertz CT molecular complexity index is 706. The Labute approximate surface area is 148 Å². The maximum Gasteiger partial charge on any atom is 0.134 e. The normalized spacial score (nSPS) is 18.5. The Hall–Kier alpha value is -2.44. The van der Waals surface area contributed by atoms with E-state index in [1.54, 1.807) is 12.7 Å². The Morgan fingerprint density at radius 1 is 0.600 bits per heavy atom. The molecule has 4 heterocycles. The first-order valence-corrected chi connectivity index (χ1v) is 9.15. The molecule has 2 aromatic rings. The fourth-order valence-electron chi connectivity index (χ4n) is 3.58. The van der Waals surface area contributed by atoms with Crippen LogP contribution in [0.25, 0.3) is 0 Å². The molecule has 0 amide bonds. The summed E-state index contributed by atoms with van der Waals surface area (Å²) in [5.74, 6) is 3.12. The highest BCUT2D eigenvalue weighted by Crippen LogP contribution is 2.23. The largest absolute Gasteiger partial charge is 0.356 e. The lowest BCUT2D eigenvalue weighted by Crippen LogP contribution is -2.47. The van der Waals surface area contributed by atoms with Crippen molar-refractivity contribution in [3.8, 4) is 0 Å². The second kappa shape index (κ2) is 7.21. The Morgan fingerprint density at radius 3 is 1.64 bits per heavy atom. The molecule has 0 saturated carbocycles. The minimum Gasteiger partial charge on any atom is -0.356 e. The van der Waals surface area contributed by atoms with Crippen molar-refractivity contribution < 1.29 is 0 Å². The zero-order valence-corrected chi connectivity index (χ0v) is 14.8. The predicted octanol–water partition coefficient (Wildman–Crippen LogP) is 1.89. The summed E-state index contributed by atoms with van der Waals surface area (Å²) < 4.78 is 0. The van der Waals surface area contributed by atoms with Crippen LogP contribution in [0.4, 0.5) is 17.5 Å². The van der Waals surface area contributed by atoms with Gasteiger partial charge in [0.15, 0.2) is 0 Å². The highest BCUT2D eigenvalue weighted by atomic mass is 15.3. The molecule has 0 radical (unpaired) electrons.